The first-order valence-corrected chi connectivity index (χ1v) is 11.1. The second-order valence-electron chi connectivity index (χ2n) is 7.54. The lowest BCUT2D eigenvalue weighted by Crippen LogP contribution is -2.17. The van der Waals surface area contributed by atoms with Crippen molar-refractivity contribution in [1.82, 2.24) is 14.8 Å². The van der Waals surface area contributed by atoms with Gasteiger partial charge in [0.2, 0.25) is 0 Å². The molecule has 0 fully saturated rings. The Bertz CT molecular complexity index is 1180. The SMILES string of the molecule is CCOC(=O)CC1O[C@H](c2cccc(OC)c2OC)c2cc(Cl)ccc2-n2c(COC)nnc21. The van der Waals surface area contributed by atoms with Crippen LogP contribution in [-0.4, -0.2) is 48.7 Å². The summed E-state index contributed by atoms with van der Waals surface area (Å²) in [7, 11) is 4.72. The maximum absolute atomic E-state index is 12.5. The molecular weight excluding hydrogens is 462 g/mol. The average Bonchev–Trinajstić information content (AvgIpc) is 3.19. The third-order valence-corrected chi connectivity index (χ3v) is 5.74. The summed E-state index contributed by atoms with van der Waals surface area (Å²) in [5, 5.41) is 9.19. The summed E-state index contributed by atoms with van der Waals surface area (Å²) >= 11 is 6.43. The fourth-order valence-electron chi connectivity index (χ4n) is 4.13. The number of aromatic nitrogens is 3. The topological polar surface area (TPSA) is 93.9 Å². The number of hydrogen-bond acceptors (Lipinski definition) is 8. The lowest BCUT2D eigenvalue weighted by atomic mass is 9.98. The number of nitrogens with zero attached hydrogens (tertiary/aromatic N) is 3. The molecule has 0 amide bonds. The van der Waals surface area contributed by atoms with Gasteiger partial charge in [0.05, 0.1) is 32.9 Å². The Balaban J connectivity index is 1.95. The van der Waals surface area contributed by atoms with Crippen LogP contribution >= 0.6 is 11.6 Å². The lowest BCUT2D eigenvalue weighted by Gasteiger charge is -2.24. The Kier molecular flexibility index (Phi) is 7.35. The number of fused-ring (bicyclic) bond motifs is 3. The summed E-state index contributed by atoms with van der Waals surface area (Å²) in [5.74, 6) is 1.70. The van der Waals surface area contributed by atoms with Crippen LogP contribution in [0.1, 0.15) is 48.3 Å². The molecule has 0 radical (unpaired) electrons. The van der Waals surface area contributed by atoms with Crippen LogP contribution in [-0.2, 0) is 25.6 Å². The van der Waals surface area contributed by atoms with Gasteiger partial charge in [-0.05, 0) is 31.2 Å². The maximum atomic E-state index is 12.5. The summed E-state index contributed by atoms with van der Waals surface area (Å²) in [6.07, 6.45) is -1.47. The van der Waals surface area contributed by atoms with Crippen LogP contribution in [0, 0.1) is 0 Å². The van der Waals surface area contributed by atoms with E-state index in [1.807, 2.05) is 28.8 Å². The zero-order valence-electron chi connectivity index (χ0n) is 19.4. The van der Waals surface area contributed by atoms with Crippen LogP contribution in [0.25, 0.3) is 5.69 Å². The van der Waals surface area contributed by atoms with E-state index in [9.17, 15) is 4.79 Å². The third kappa shape index (κ3) is 4.46. The summed E-state index contributed by atoms with van der Waals surface area (Å²) < 4.78 is 30.2. The molecule has 1 aliphatic heterocycles. The van der Waals surface area contributed by atoms with Crippen molar-refractivity contribution in [3.05, 3.63) is 64.2 Å². The van der Waals surface area contributed by atoms with Gasteiger partial charge in [0.25, 0.3) is 0 Å². The van der Waals surface area contributed by atoms with E-state index in [4.69, 9.17) is 35.3 Å². The van der Waals surface area contributed by atoms with E-state index >= 15 is 0 Å². The number of hydrogen-bond donors (Lipinski definition) is 0. The van der Waals surface area contributed by atoms with Gasteiger partial charge in [0.15, 0.2) is 23.1 Å². The molecule has 0 bridgehead atoms. The fraction of sp³-hybridized carbons (Fsp3) is 0.375. The zero-order valence-corrected chi connectivity index (χ0v) is 20.2. The number of benzene rings is 2. The standard InChI is InChI=1S/C24H26ClN3O6/c1-5-33-21(29)12-19-24-27-26-20(13-30-2)28(24)17-10-9-14(25)11-16(17)22(34-19)15-7-6-8-18(31-3)23(15)32-4/h6-11,19,22H,5,12-13H2,1-4H3/t19?,22-/m1/s1. The molecule has 34 heavy (non-hydrogen) atoms. The van der Waals surface area contributed by atoms with E-state index in [1.54, 1.807) is 40.4 Å². The van der Waals surface area contributed by atoms with Gasteiger partial charge in [0, 0.05) is 23.3 Å². The molecule has 2 heterocycles. The normalized spacial score (nSPS) is 16.9. The monoisotopic (exact) mass is 487 g/mol. The molecular formula is C24H26ClN3O6. The number of para-hydroxylation sites is 1. The van der Waals surface area contributed by atoms with Crippen molar-refractivity contribution in [1.29, 1.82) is 0 Å². The Morgan fingerprint density at radius 3 is 2.65 bits per heavy atom. The minimum atomic E-state index is -0.760. The van der Waals surface area contributed by atoms with Crippen LogP contribution < -0.4 is 9.47 Å². The fourth-order valence-corrected chi connectivity index (χ4v) is 4.31. The summed E-state index contributed by atoms with van der Waals surface area (Å²) in [6, 6.07) is 11.0. The number of ether oxygens (including phenoxy) is 5. The van der Waals surface area contributed by atoms with Gasteiger partial charge in [-0.1, -0.05) is 23.7 Å². The minimum absolute atomic E-state index is 0.0521. The van der Waals surface area contributed by atoms with Gasteiger partial charge in [-0.15, -0.1) is 10.2 Å². The summed E-state index contributed by atoms with van der Waals surface area (Å²) in [4.78, 5) is 12.5. The molecule has 0 saturated heterocycles. The predicted molar refractivity (Wildman–Crippen MR) is 124 cm³/mol. The van der Waals surface area contributed by atoms with E-state index in [1.165, 1.54) is 0 Å². The molecule has 0 aliphatic carbocycles. The highest BCUT2D eigenvalue weighted by Gasteiger charge is 2.36. The number of carbonyl (C=O) groups excluding carboxylic acids is 1. The molecule has 4 rings (SSSR count). The molecule has 9 nitrogen and oxygen atoms in total. The van der Waals surface area contributed by atoms with E-state index in [2.05, 4.69) is 10.2 Å². The molecule has 180 valence electrons. The first-order chi connectivity index (χ1) is 16.5. The van der Waals surface area contributed by atoms with Crippen molar-refractivity contribution in [2.24, 2.45) is 0 Å². The number of methoxy groups -OCH3 is 3. The number of carbonyl (C=O) groups is 1. The van der Waals surface area contributed by atoms with Gasteiger partial charge in [-0.25, -0.2) is 0 Å². The molecule has 0 saturated carbocycles. The van der Waals surface area contributed by atoms with E-state index in [-0.39, 0.29) is 19.6 Å². The maximum Gasteiger partial charge on any atom is 0.308 e. The number of halogens is 1. The molecule has 0 N–H and O–H groups in total. The van der Waals surface area contributed by atoms with Crippen molar-refractivity contribution < 1.29 is 28.5 Å². The third-order valence-electron chi connectivity index (χ3n) is 5.50. The molecule has 1 aromatic heterocycles. The van der Waals surface area contributed by atoms with E-state index < -0.39 is 18.2 Å². The highest BCUT2D eigenvalue weighted by atomic mass is 35.5. The Morgan fingerprint density at radius 1 is 1.12 bits per heavy atom. The highest BCUT2D eigenvalue weighted by molar-refractivity contribution is 6.30. The van der Waals surface area contributed by atoms with E-state index in [0.29, 0.717) is 33.7 Å². The summed E-state index contributed by atoms with van der Waals surface area (Å²) in [6.45, 7) is 2.23. The molecule has 1 unspecified atom stereocenters. The molecule has 1 aliphatic rings. The Morgan fingerprint density at radius 2 is 1.94 bits per heavy atom. The van der Waals surface area contributed by atoms with Crippen LogP contribution in [0.15, 0.2) is 36.4 Å². The number of rotatable bonds is 8. The average molecular weight is 488 g/mol. The van der Waals surface area contributed by atoms with E-state index in [0.717, 1.165) is 11.3 Å². The number of esters is 1. The van der Waals surface area contributed by atoms with Crippen molar-refractivity contribution in [2.45, 2.75) is 32.2 Å². The predicted octanol–water partition coefficient (Wildman–Crippen LogP) is 4.20. The quantitative estimate of drug-likeness (QED) is 0.436. The second-order valence-corrected chi connectivity index (χ2v) is 7.98. The minimum Gasteiger partial charge on any atom is -0.493 e. The second kappa shape index (κ2) is 10.4. The van der Waals surface area contributed by atoms with Gasteiger partial charge in [0.1, 0.15) is 18.8 Å². The van der Waals surface area contributed by atoms with Gasteiger partial charge >= 0.3 is 5.97 Å². The molecule has 2 aromatic carbocycles. The Labute approximate surface area is 202 Å². The zero-order chi connectivity index (χ0) is 24.2. The van der Waals surface area contributed by atoms with Crippen molar-refractivity contribution in [3.63, 3.8) is 0 Å². The smallest absolute Gasteiger partial charge is 0.308 e. The lowest BCUT2D eigenvalue weighted by molar-refractivity contribution is -0.147. The molecule has 10 heteroatoms. The van der Waals surface area contributed by atoms with Crippen molar-refractivity contribution >= 4 is 17.6 Å². The van der Waals surface area contributed by atoms with Crippen LogP contribution in [0.3, 0.4) is 0 Å². The van der Waals surface area contributed by atoms with Crippen molar-refractivity contribution in [2.75, 3.05) is 27.9 Å². The van der Waals surface area contributed by atoms with Crippen LogP contribution in [0.2, 0.25) is 5.02 Å². The highest BCUT2D eigenvalue weighted by Crippen LogP contribution is 2.46. The molecule has 0 spiro atoms. The first kappa shape index (κ1) is 24.0. The summed E-state index contributed by atoms with van der Waals surface area (Å²) in [5.41, 5.74) is 2.23. The van der Waals surface area contributed by atoms with Crippen LogP contribution in [0.4, 0.5) is 0 Å². The van der Waals surface area contributed by atoms with Gasteiger partial charge < -0.3 is 23.7 Å². The van der Waals surface area contributed by atoms with Crippen LogP contribution in [0.5, 0.6) is 11.5 Å². The Hall–Kier alpha value is -3.14. The van der Waals surface area contributed by atoms with Gasteiger partial charge in [-0.2, -0.15) is 0 Å². The molecule has 2 atom stereocenters. The first-order valence-electron chi connectivity index (χ1n) is 10.8. The largest absolute Gasteiger partial charge is 0.493 e. The molecule has 3 aromatic rings. The van der Waals surface area contributed by atoms with Crippen molar-refractivity contribution in [3.8, 4) is 17.2 Å². The van der Waals surface area contributed by atoms with Gasteiger partial charge in [-0.3, -0.25) is 9.36 Å².